The van der Waals surface area contributed by atoms with E-state index < -0.39 is 0 Å². The average molecular weight is 342 g/mol. The van der Waals surface area contributed by atoms with E-state index in [-0.39, 0.29) is 11.6 Å². The molecule has 2 aromatic heterocycles. The molecule has 0 saturated carbocycles. The maximum atomic E-state index is 12.9. The van der Waals surface area contributed by atoms with Crippen LogP contribution in [0.4, 0.5) is 0 Å². The van der Waals surface area contributed by atoms with Gasteiger partial charge in [-0.2, -0.15) is 0 Å². The van der Waals surface area contributed by atoms with Gasteiger partial charge in [0.2, 0.25) is 5.78 Å². The Bertz CT molecular complexity index is 904. The molecule has 108 valence electrons. The summed E-state index contributed by atoms with van der Waals surface area (Å²) in [7, 11) is 0. The van der Waals surface area contributed by atoms with Crippen LogP contribution in [0, 0.1) is 0 Å². The number of hydrogen-bond donors (Lipinski definition) is 0. The lowest BCUT2D eigenvalue weighted by Crippen LogP contribution is -2.06. The summed E-state index contributed by atoms with van der Waals surface area (Å²) >= 11 is 4.49. The van der Waals surface area contributed by atoms with Gasteiger partial charge in [-0.1, -0.05) is 30.3 Å². The SMILES string of the molecule is CSc1sc2c(c1C(=O)c1cccs1)C(=O)c1ccccc1-2. The van der Waals surface area contributed by atoms with Crippen LogP contribution in [0.2, 0.25) is 0 Å². The van der Waals surface area contributed by atoms with Crippen molar-refractivity contribution in [2.75, 3.05) is 6.26 Å². The van der Waals surface area contributed by atoms with Crippen molar-refractivity contribution < 1.29 is 9.59 Å². The number of fused-ring (bicyclic) bond motifs is 3. The van der Waals surface area contributed by atoms with Crippen molar-refractivity contribution in [3.63, 3.8) is 0 Å². The second-order valence-corrected chi connectivity index (χ2v) is 7.90. The Labute approximate surface area is 139 Å². The van der Waals surface area contributed by atoms with Crippen LogP contribution in [0.1, 0.15) is 31.2 Å². The van der Waals surface area contributed by atoms with Crippen molar-refractivity contribution in [2.45, 2.75) is 4.21 Å². The third-order valence-electron chi connectivity index (χ3n) is 3.68. The molecule has 0 aliphatic heterocycles. The summed E-state index contributed by atoms with van der Waals surface area (Å²) < 4.78 is 0.922. The van der Waals surface area contributed by atoms with Crippen molar-refractivity contribution in [3.05, 3.63) is 63.3 Å². The molecule has 0 atom stereocenters. The molecule has 0 unspecified atom stereocenters. The number of carbonyl (C=O) groups is 2. The molecule has 0 saturated heterocycles. The lowest BCUT2D eigenvalue weighted by atomic mass is 10.0. The van der Waals surface area contributed by atoms with Crippen LogP contribution in [0.3, 0.4) is 0 Å². The van der Waals surface area contributed by atoms with Gasteiger partial charge in [0.1, 0.15) is 0 Å². The minimum atomic E-state index is -0.0435. The van der Waals surface area contributed by atoms with Crippen molar-refractivity contribution >= 4 is 46.0 Å². The quantitative estimate of drug-likeness (QED) is 0.389. The van der Waals surface area contributed by atoms with Gasteiger partial charge in [0.25, 0.3) is 0 Å². The molecule has 0 N–H and O–H groups in total. The van der Waals surface area contributed by atoms with Crippen molar-refractivity contribution in [1.29, 1.82) is 0 Å². The number of hydrogen-bond acceptors (Lipinski definition) is 5. The van der Waals surface area contributed by atoms with Gasteiger partial charge in [0.05, 0.1) is 20.2 Å². The fraction of sp³-hybridized carbons (Fsp3) is 0.0588. The summed E-state index contributed by atoms with van der Waals surface area (Å²) in [6.07, 6.45) is 1.95. The van der Waals surface area contributed by atoms with E-state index in [4.69, 9.17) is 0 Å². The van der Waals surface area contributed by atoms with E-state index in [1.165, 1.54) is 23.1 Å². The summed E-state index contributed by atoms with van der Waals surface area (Å²) in [6, 6.07) is 11.3. The largest absolute Gasteiger partial charge is 0.289 e. The van der Waals surface area contributed by atoms with Gasteiger partial charge in [-0.05, 0) is 17.7 Å². The zero-order chi connectivity index (χ0) is 15.3. The van der Waals surface area contributed by atoms with Crippen LogP contribution >= 0.6 is 34.4 Å². The number of rotatable bonds is 3. The van der Waals surface area contributed by atoms with E-state index in [0.717, 1.165) is 14.6 Å². The molecular formula is C17H10O2S3. The first kappa shape index (κ1) is 13.9. The summed E-state index contributed by atoms with van der Waals surface area (Å²) in [5.74, 6) is -0.0694. The van der Waals surface area contributed by atoms with Crippen LogP contribution in [-0.2, 0) is 0 Å². The van der Waals surface area contributed by atoms with Gasteiger partial charge in [0.15, 0.2) is 5.78 Å². The molecule has 22 heavy (non-hydrogen) atoms. The van der Waals surface area contributed by atoms with Crippen LogP contribution in [0.5, 0.6) is 0 Å². The lowest BCUT2D eigenvalue weighted by Gasteiger charge is -2.02. The monoisotopic (exact) mass is 342 g/mol. The van der Waals surface area contributed by atoms with Crippen LogP contribution in [0.25, 0.3) is 10.4 Å². The molecule has 0 amide bonds. The maximum Gasteiger partial charge on any atom is 0.205 e. The van der Waals surface area contributed by atoms with Gasteiger partial charge >= 0.3 is 0 Å². The highest BCUT2D eigenvalue weighted by Crippen LogP contribution is 2.48. The molecule has 1 aliphatic rings. The Kier molecular flexibility index (Phi) is 3.29. The maximum absolute atomic E-state index is 12.9. The molecule has 4 rings (SSSR count). The summed E-state index contributed by atoms with van der Waals surface area (Å²) in [6.45, 7) is 0. The topological polar surface area (TPSA) is 34.1 Å². The fourth-order valence-electron chi connectivity index (χ4n) is 2.71. The van der Waals surface area contributed by atoms with Crippen molar-refractivity contribution in [2.24, 2.45) is 0 Å². The Morgan fingerprint density at radius 2 is 1.86 bits per heavy atom. The molecule has 1 aromatic carbocycles. The first-order chi connectivity index (χ1) is 10.7. The minimum absolute atomic E-state index is 0.0259. The Morgan fingerprint density at radius 3 is 2.55 bits per heavy atom. The summed E-state index contributed by atoms with van der Waals surface area (Å²) in [5, 5.41) is 1.88. The van der Waals surface area contributed by atoms with Gasteiger partial charge in [-0.25, -0.2) is 0 Å². The van der Waals surface area contributed by atoms with E-state index in [0.29, 0.717) is 21.6 Å². The summed E-state index contributed by atoms with van der Waals surface area (Å²) in [4.78, 5) is 27.2. The van der Waals surface area contributed by atoms with Crippen molar-refractivity contribution in [1.82, 2.24) is 0 Å². The third-order valence-corrected chi connectivity index (χ3v) is 6.89. The number of benzene rings is 1. The van der Waals surface area contributed by atoms with Gasteiger partial charge < -0.3 is 0 Å². The van der Waals surface area contributed by atoms with E-state index in [1.54, 1.807) is 11.3 Å². The number of carbonyl (C=O) groups excluding carboxylic acids is 2. The van der Waals surface area contributed by atoms with Crippen LogP contribution in [0.15, 0.2) is 46.0 Å². The summed E-state index contributed by atoms with van der Waals surface area (Å²) in [5.41, 5.74) is 2.83. The predicted molar refractivity (Wildman–Crippen MR) is 92.7 cm³/mol. The molecule has 2 heterocycles. The van der Waals surface area contributed by atoms with Crippen molar-refractivity contribution in [3.8, 4) is 10.4 Å². The molecule has 0 fully saturated rings. The Morgan fingerprint density at radius 1 is 1.09 bits per heavy atom. The molecule has 0 spiro atoms. The second-order valence-electron chi connectivity index (χ2n) is 4.85. The predicted octanol–water partition coefficient (Wildman–Crippen LogP) is 4.97. The highest BCUT2D eigenvalue weighted by atomic mass is 32.2. The third kappa shape index (κ3) is 1.86. The van der Waals surface area contributed by atoms with Gasteiger partial charge in [0, 0.05) is 16.0 Å². The van der Waals surface area contributed by atoms with Crippen LogP contribution < -0.4 is 0 Å². The van der Waals surface area contributed by atoms with E-state index >= 15 is 0 Å². The highest BCUT2D eigenvalue weighted by Gasteiger charge is 2.36. The molecule has 3 aromatic rings. The molecule has 5 heteroatoms. The standard InChI is InChI=1S/C17H10O2S3/c1-20-17-13(15(19)11-7-4-8-21-11)12-14(18)9-5-2-3-6-10(9)16(12)22-17/h2-8H,1H3. The lowest BCUT2D eigenvalue weighted by molar-refractivity contribution is 0.101. The molecule has 0 bridgehead atoms. The Balaban J connectivity index is 1.97. The number of ketones is 2. The van der Waals surface area contributed by atoms with Gasteiger partial charge in [-0.15, -0.1) is 34.4 Å². The zero-order valence-electron chi connectivity index (χ0n) is 11.6. The molecule has 1 aliphatic carbocycles. The number of thiophene rings is 2. The first-order valence-electron chi connectivity index (χ1n) is 6.65. The fourth-order valence-corrected chi connectivity index (χ4v) is 5.43. The van der Waals surface area contributed by atoms with Gasteiger partial charge in [-0.3, -0.25) is 9.59 Å². The minimum Gasteiger partial charge on any atom is -0.289 e. The smallest absolute Gasteiger partial charge is 0.205 e. The molecular weight excluding hydrogens is 332 g/mol. The van der Waals surface area contributed by atoms with E-state index in [2.05, 4.69) is 0 Å². The molecule has 2 nitrogen and oxygen atoms in total. The van der Waals surface area contributed by atoms with E-state index in [9.17, 15) is 9.59 Å². The first-order valence-corrected chi connectivity index (χ1v) is 9.57. The normalized spacial score (nSPS) is 12.3. The van der Waals surface area contributed by atoms with Crippen LogP contribution in [-0.4, -0.2) is 17.8 Å². The second kappa shape index (κ2) is 5.19. The highest BCUT2D eigenvalue weighted by molar-refractivity contribution is 8.00. The van der Waals surface area contributed by atoms with E-state index in [1.807, 2.05) is 48.0 Å². The number of thioether (sulfide) groups is 1. The zero-order valence-corrected chi connectivity index (χ0v) is 14.0. The average Bonchev–Trinajstić information content (AvgIpc) is 3.24. The Hall–Kier alpha value is -1.69. The molecule has 0 radical (unpaired) electrons.